The van der Waals surface area contributed by atoms with Crippen LogP contribution >= 0.6 is 11.3 Å². The van der Waals surface area contributed by atoms with Gasteiger partial charge in [0, 0.05) is 16.6 Å². The second-order valence-electron chi connectivity index (χ2n) is 6.38. The summed E-state index contributed by atoms with van der Waals surface area (Å²) in [6.07, 6.45) is 6.18. The van der Waals surface area contributed by atoms with Crippen molar-refractivity contribution in [2.75, 3.05) is 7.11 Å². The predicted molar refractivity (Wildman–Crippen MR) is 116 cm³/mol. The predicted octanol–water partition coefficient (Wildman–Crippen LogP) is 5.79. The Morgan fingerprint density at radius 2 is 1.79 bits per heavy atom. The second-order valence-corrected chi connectivity index (χ2v) is 7.36. The van der Waals surface area contributed by atoms with Crippen LogP contribution in [0.3, 0.4) is 0 Å². The van der Waals surface area contributed by atoms with Gasteiger partial charge in [-0.05, 0) is 60.0 Å². The van der Waals surface area contributed by atoms with Crippen molar-refractivity contribution in [3.05, 3.63) is 82.8 Å². The third-order valence-corrected chi connectivity index (χ3v) is 5.49. The zero-order valence-electron chi connectivity index (χ0n) is 15.2. The lowest BCUT2D eigenvalue weighted by atomic mass is 10.1. The van der Waals surface area contributed by atoms with Crippen LogP contribution in [0.4, 0.5) is 0 Å². The van der Waals surface area contributed by atoms with Crippen LogP contribution in [0.15, 0.2) is 72.2 Å². The summed E-state index contributed by atoms with van der Waals surface area (Å²) in [5, 5.41) is 2.07. The van der Waals surface area contributed by atoms with Crippen molar-refractivity contribution in [3.63, 3.8) is 0 Å². The van der Waals surface area contributed by atoms with Crippen LogP contribution in [-0.2, 0) is 0 Å². The zero-order valence-corrected chi connectivity index (χ0v) is 16.1. The van der Waals surface area contributed by atoms with E-state index in [1.54, 1.807) is 18.4 Å². The van der Waals surface area contributed by atoms with E-state index in [9.17, 15) is 0 Å². The summed E-state index contributed by atoms with van der Waals surface area (Å²) in [6.45, 7) is 0. The number of nitrogens with zero attached hydrogens (tertiary/aromatic N) is 3. The van der Waals surface area contributed by atoms with Gasteiger partial charge < -0.3 is 4.74 Å². The smallest absolute Gasteiger partial charge is 0.164 e. The van der Waals surface area contributed by atoms with Crippen LogP contribution in [0.2, 0.25) is 0 Å². The average molecular weight is 383 g/mol. The van der Waals surface area contributed by atoms with Gasteiger partial charge in [0.2, 0.25) is 0 Å². The normalized spacial score (nSPS) is 11.6. The van der Waals surface area contributed by atoms with E-state index in [-0.39, 0.29) is 0 Å². The fourth-order valence-electron chi connectivity index (χ4n) is 3.25. The number of aromatic nitrogens is 3. The van der Waals surface area contributed by atoms with Gasteiger partial charge in [-0.25, -0.2) is 9.97 Å². The molecule has 3 heterocycles. The number of fused-ring (bicyclic) bond motifs is 3. The molecular formula is C23H17N3OS. The minimum absolute atomic E-state index is 0.829. The Bertz CT molecular complexity index is 1290. The van der Waals surface area contributed by atoms with Gasteiger partial charge in [-0.1, -0.05) is 18.2 Å². The fraction of sp³-hybridized carbons (Fsp3) is 0.0435. The van der Waals surface area contributed by atoms with E-state index in [2.05, 4.69) is 34.2 Å². The lowest BCUT2D eigenvalue weighted by molar-refractivity contribution is 0.415. The Morgan fingerprint density at radius 3 is 2.57 bits per heavy atom. The minimum atomic E-state index is 0.829. The van der Waals surface area contributed by atoms with Gasteiger partial charge in [0.1, 0.15) is 11.4 Å². The van der Waals surface area contributed by atoms with Gasteiger partial charge >= 0.3 is 0 Å². The molecule has 5 aromatic rings. The van der Waals surface area contributed by atoms with Crippen molar-refractivity contribution in [2.24, 2.45) is 0 Å². The minimum Gasteiger partial charge on any atom is -0.497 e. The van der Waals surface area contributed by atoms with Crippen molar-refractivity contribution in [1.82, 2.24) is 14.4 Å². The Balaban J connectivity index is 1.73. The number of hydrogen-bond acceptors (Lipinski definition) is 4. The van der Waals surface area contributed by atoms with Gasteiger partial charge in [0.25, 0.3) is 0 Å². The average Bonchev–Trinajstić information content (AvgIpc) is 3.40. The summed E-state index contributed by atoms with van der Waals surface area (Å²) in [7, 11) is 1.67. The molecule has 2 aromatic carbocycles. The molecule has 5 heteroatoms. The largest absolute Gasteiger partial charge is 0.497 e. The van der Waals surface area contributed by atoms with E-state index in [0.717, 1.165) is 39.4 Å². The molecule has 0 aliphatic heterocycles. The Hall–Kier alpha value is -3.44. The summed E-state index contributed by atoms with van der Waals surface area (Å²) in [5.41, 5.74) is 5.65. The summed E-state index contributed by atoms with van der Waals surface area (Å²) in [6, 6.07) is 20.3. The lowest BCUT2D eigenvalue weighted by Crippen LogP contribution is -1.96. The SMILES string of the molecule is COc1ccc(-c2cn3c(nc4ccccc43)c(/C=C/c3cccs3)n2)cc1. The summed E-state index contributed by atoms with van der Waals surface area (Å²) >= 11 is 1.70. The first kappa shape index (κ1) is 16.7. The van der Waals surface area contributed by atoms with Gasteiger partial charge in [-0.15, -0.1) is 11.3 Å². The van der Waals surface area contributed by atoms with Crippen molar-refractivity contribution in [3.8, 4) is 17.0 Å². The fourth-order valence-corrected chi connectivity index (χ4v) is 3.86. The van der Waals surface area contributed by atoms with E-state index in [4.69, 9.17) is 14.7 Å². The van der Waals surface area contributed by atoms with Crippen LogP contribution in [0.25, 0.3) is 40.1 Å². The topological polar surface area (TPSA) is 39.4 Å². The molecule has 0 amide bonds. The number of thiophene rings is 1. The summed E-state index contributed by atoms with van der Waals surface area (Å²) in [4.78, 5) is 10.9. The third kappa shape index (κ3) is 2.96. The monoisotopic (exact) mass is 383 g/mol. The van der Waals surface area contributed by atoms with Gasteiger partial charge in [0.15, 0.2) is 5.65 Å². The van der Waals surface area contributed by atoms with Crippen molar-refractivity contribution >= 4 is 40.2 Å². The molecule has 0 atom stereocenters. The highest BCUT2D eigenvalue weighted by atomic mass is 32.1. The number of benzene rings is 2. The number of imidazole rings is 1. The molecule has 0 N–H and O–H groups in total. The van der Waals surface area contributed by atoms with Crippen LogP contribution in [0.5, 0.6) is 5.75 Å². The first-order chi connectivity index (χ1) is 13.8. The molecule has 0 aliphatic rings. The first-order valence-electron chi connectivity index (χ1n) is 8.96. The quantitative estimate of drug-likeness (QED) is 0.394. The zero-order chi connectivity index (χ0) is 18.9. The number of hydrogen-bond donors (Lipinski definition) is 0. The van der Waals surface area contributed by atoms with Crippen LogP contribution < -0.4 is 4.74 Å². The third-order valence-electron chi connectivity index (χ3n) is 4.65. The number of methoxy groups -OCH3 is 1. The molecule has 28 heavy (non-hydrogen) atoms. The highest BCUT2D eigenvalue weighted by Crippen LogP contribution is 2.26. The first-order valence-corrected chi connectivity index (χ1v) is 9.84. The summed E-state index contributed by atoms with van der Waals surface area (Å²) < 4.78 is 7.40. The maximum absolute atomic E-state index is 5.28. The number of para-hydroxylation sites is 2. The Kier molecular flexibility index (Phi) is 4.14. The van der Waals surface area contributed by atoms with E-state index in [0.29, 0.717) is 0 Å². The molecule has 0 saturated carbocycles. The van der Waals surface area contributed by atoms with Gasteiger partial charge in [-0.3, -0.25) is 4.40 Å². The molecule has 0 bridgehead atoms. The van der Waals surface area contributed by atoms with Crippen LogP contribution in [0, 0.1) is 0 Å². The molecule has 0 fully saturated rings. The van der Waals surface area contributed by atoms with Crippen molar-refractivity contribution in [2.45, 2.75) is 0 Å². The van der Waals surface area contributed by atoms with E-state index >= 15 is 0 Å². The molecule has 136 valence electrons. The van der Waals surface area contributed by atoms with E-state index in [1.165, 1.54) is 4.88 Å². The van der Waals surface area contributed by atoms with Gasteiger partial charge in [0.05, 0.1) is 23.8 Å². The van der Waals surface area contributed by atoms with Crippen molar-refractivity contribution < 1.29 is 4.74 Å². The van der Waals surface area contributed by atoms with Crippen molar-refractivity contribution in [1.29, 1.82) is 0 Å². The molecule has 0 unspecified atom stereocenters. The number of rotatable bonds is 4. The maximum Gasteiger partial charge on any atom is 0.164 e. The highest BCUT2D eigenvalue weighted by molar-refractivity contribution is 7.10. The standard InChI is InChI=1S/C23H17N3OS/c1-27-17-10-8-16(9-11-17)21-15-26-22-7-3-2-6-19(22)25-23(26)20(24-21)13-12-18-5-4-14-28-18/h2-15H,1H3/b13-12+. The lowest BCUT2D eigenvalue weighted by Gasteiger charge is -2.07. The van der Waals surface area contributed by atoms with Crippen LogP contribution in [-0.4, -0.2) is 21.5 Å². The van der Waals surface area contributed by atoms with Crippen LogP contribution in [0.1, 0.15) is 10.6 Å². The summed E-state index contributed by atoms with van der Waals surface area (Å²) in [5.74, 6) is 0.829. The molecular weight excluding hydrogens is 366 g/mol. The van der Waals surface area contributed by atoms with E-state index in [1.807, 2.05) is 54.6 Å². The molecule has 0 aliphatic carbocycles. The second kappa shape index (κ2) is 6.94. The molecule has 0 spiro atoms. The molecule has 0 saturated heterocycles. The maximum atomic E-state index is 5.28. The molecule has 5 rings (SSSR count). The molecule has 4 nitrogen and oxygen atoms in total. The highest BCUT2D eigenvalue weighted by Gasteiger charge is 2.11. The molecule has 3 aromatic heterocycles. The van der Waals surface area contributed by atoms with Gasteiger partial charge in [-0.2, -0.15) is 0 Å². The Morgan fingerprint density at radius 1 is 0.929 bits per heavy atom. The van der Waals surface area contributed by atoms with E-state index < -0.39 is 0 Å². The Labute approximate surface area is 166 Å². The number of ether oxygens (including phenoxy) is 1. The molecule has 0 radical (unpaired) electrons.